The Labute approximate surface area is 176 Å². The maximum atomic E-state index is 13.3. The van der Waals surface area contributed by atoms with Crippen molar-refractivity contribution in [2.45, 2.75) is 56.0 Å². The number of carbonyl (C=O) groups excluding carboxylic acids is 1. The Morgan fingerprint density at radius 2 is 1.77 bits per heavy atom. The van der Waals surface area contributed by atoms with E-state index in [1.54, 1.807) is 24.3 Å². The fraction of sp³-hybridized carbons (Fsp3) is 0.304. The Kier molecular flexibility index (Phi) is 6.41. The number of rotatable bonds is 7. The number of pyridine rings is 1. The Bertz CT molecular complexity index is 1230. The lowest BCUT2D eigenvalue weighted by molar-refractivity contribution is -0.122. The molecule has 1 heterocycles. The molecule has 3 rings (SSSR count). The van der Waals surface area contributed by atoms with Crippen LogP contribution in [0.2, 0.25) is 0 Å². The molecule has 0 unspecified atom stereocenters. The lowest BCUT2D eigenvalue weighted by Gasteiger charge is -2.16. The molecule has 0 radical (unpaired) electrons. The van der Waals surface area contributed by atoms with Crippen molar-refractivity contribution in [2.24, 2.45) is 0 Å². The molecule has 0 spiro atoms. The van der Waals surface area contributed by atoms with Crippen LogP contribution in [0.3, 0.4) is 0 Å². The Hall–Kier alpha value is -2.93. The van der Waals surface area contributed by atoms with Gasteiger partial charge in [0.2, 0.25) is 15.7 Å². The summed E-state index contributed by atoms with van der Waals surface area (Å²) in [5, 5.41) is 3.45. The van der Waals surface area contributed by atoms with Gasteiger partial charge in [0.25, 0.3) is 5.56 Å². The minimum atomic E-state index is -4.03. The van der Waals surface area contributed by atoms with Gasteiger partial charge in [-0.25, -0.2) is 8.42 Å². The summed E-state index contributed by atoms with van der Waals surface area (Å²) in [5.74, 6) is -0.332. The molecule has 1 amide bonds. The number of nitrogens with zero attached hydrogens (tertiary/aromatic N) is 1. The second-order valence-corrected chi connectivity index (χ2v) is 9.26. The number of carbonyl (C=O) groups is 1. The van der Waals surface area contributed by atoms with Crippen molar-refractivity contribution in [3.63, 3.8) is 0 Å². The van der Waals surface area contributed by atoms with Crippen molar-refractivity contribution < 1.29 is 13.2 Å². The predicted molar refractivity (Wildman–Crippen MR) is 117 cm³/mol. The fourth-order valence-corrected chi connectivity index (χ4v) is 4.66. The fourth-order valence-electron chi connectivity index (χ4n) is 3.27. The first kappa shape index (κ1) is 21.8. The first-order chi connectivity index (χ1) is 14.3. The molecule has 0 aliphatic carbocycles. The van der Waals surface area contributed by atoms with E-state index in [1.807, 2.05) is 32.9 Å². The zero-order valence-electron chi connectivity index (χ0n) is 17.4. The molecule has 158 valence electrons. The molecule has 6 nitrogen and oxygen atoms in total. The van der Waals surface area contributed by atoms with Crippen LogP contribution < -0.4 is 10.9 Å². The van der Waals surface area contributed by atoms with Crippen LogP contribution in [0.15, 0.2) is 69.2 Å². The van der Waals surface area contributed by atoms with Gasteiger partial charge in [-0.2, -0.15) is 0 Å². The summed E-state index contributed by atoms with van der Waals surface area (Å²) in [6.45, 7) is 5.58. The molecular weight excluding hydrogens is 400 g/mol. The number of sulfone groups is 1. The Morgan fingerprint density at radius 1 is 1.07 bits per heavy atom. The third-order valence-electron chi connectivity index (χ3n) is 5.20. The van der Waals surface area contributed by atoms with Crippen molar-refractivity contribution in [1.82, 2.24) is 9.88 Å². The van der Waals surface area contributed by atoms with E-state index in [4.69, 9.17) is 0 Å². The lowest BCUT2D eigenvalue weighted by atomic mass is 10.1. The third-order valence-corrected chi connectivity index (χ3v) is 6.96. The van der Waals surface area contributed by atoms with Gasteiger partial charge in [0.05, 0.1) is 10.4 Å². The van der Waals surface area contributed by atoms with Crippen LogP contribution in [0.1, 0.15) is 32.8 Å². The van der Waals surface area contributed by atoms with Crippen molar-refractivity contribution >= 4 is 26.6 Å². The number of amides is 1. The molecule has 1 atom stereocenters. The Balaban J connectivity index is 2.23. The molecular formula is C23H26N2O4S. The number of aromatic nitrogens is 1. The number of benzene rings is 2. The minimum absolute atomic E-state index is 0.0394. The summed E-state index contributed by atoms with van der Waals surface area (Å²) in [5.41, 5.74) is 0.846. The van der Waals surface area contributed by atoms with Gasteiger partial charge in [-0.05, 0) is 55.7 Å². The summed E-state index contributed by atoms with van der Waals surface area (Å²) < 4.78 is 27.7. The molecule has 0 aliphatic heterocycles. The van der Waals surface area contributed by atoms with Gasteiger partial charge in [0, 0.05) is 11.4 Å². The first-order valence-corrected chi connectivity index (χ1v) is 11.5. The van der Waals surface area contributed by atoms with E-state index in [1.165, 1.54) is 22.8 Å². The number of hydrogen-bond donors (Lipinski definition) is 1. The van der Waals surface area contributed by atoms with Gasteiger partial charge in [0.15, 0.2) is 0 Å². The minimum Gasteiger partial charge on any atom is -0.352 e. The molecule has 0 aliphatic rings. The zero-order valence-corrected chi connectivity index (χ0v) is 18.2. The molecule has 1 N–H and O–H groups in total. The largest absolute Gasteiger partial charge is 0.352 e. The summed E-state index contributed by atoms with van der Waals surface area (Å²) >= 11 is 0. The molecule has 3 aromatic rings. The third kappa shape index (κ3) is 4.31. The molecule has 30 heavy (non-hydrogen) atoms. The molecule has 0 saturated heterocycles. The average Bonchev–Trinajstić information content (AvgIpc) is 2.75. The second-order valence-electron chi connectivity index (χ2n) is 7.34. The molecule has 1 aromatic heterocycles. The van der Waals surface area contributed by atoms with Crippen LogP contribution in [-0.4, -0.2) is 24.9 Å². The Morgan fingerprint density at radius 3 is 2.40 bits per heavy atom. The van der Waals surface area contributed by atoms with Crippen LogP contribution in [0.25, 0.3) is 10.9 Å². The van der Waals surface area contributed by atoms with Gasteiger partial charge in [-0.1, -0.05) is 38.1 Å². The van der Waals surface area contributed by atoms with Crippen LogP contribution in [0, 0.1) is 0 Å². The van der Waals surface area contributed by atoms with Crippen LogP contribution >= 0.6 is 0 Å². The van der Waals surface area contributed by atoms with Crippen molar-refractivity contribution in [3.8, 4) is 0 Å². The van der Waals surface area contributed by atoms with Crippen molar-refractivity contribution in [3.05, 3.63) is 70.5 Å². The van der Waals surface area contributed by atoms with E-state index in [0.717, 1.165) is 18.4 Å². The molecule has 2 aromatic carbocycles. The summed E-state index contributed by atoms with van der Waals surface area (Å²) in [7, 11) is -4.03. The van der Waals surface area contributed by atoms with Crippen molar-refractivity contribution in [1.29, 1.82) is 0 Å². The van der Waals surface area contributed by atoms with Gasteiger partial charge >= 0.3 is 0 Å². The highest BCUT2D eigenvalue weighted by Crippen LogP contribution is 2.23. The maximum Gasteiger partial charge on any atom is 0.270 e. The number of nitrogens with one attached hydrogen (secondary N) is 1. The number of fused-ring (bicyclic) bond motifs is 1. The number of aryl methyl sites for hydroxylation is 1. The highest BCUT2D eigenvalue weighted by Gasteiger charge is 2.24. The molecule has 0 fully saturated rings. The normalized spacial score (nSPS) is 12.6. The van der Waals surface area contributed by atoms with E-state index in [0.29, 0.717) is 10.9 Å². The molecule has 0 bridgehead atoms. The summed E-state index contributed by atoms with van der Waals surface area (Å²) in [6, 6.07) is 14.8. The van der Waals surface area contributed by atoms with E-state index in [2.05, 4.69) is 5.32 Å². The van der Waals surface area contributed by atoms with Gasteiger partial charge in [0.1, 0.15) is 11.4 Å². The number of hydrogen-bond acceptors (Lipinski definition) is 4. The van der Waals surface area contributed by atoms with E-state index >= 15 is 0 Å². The standard InChI is InChI=1S/C23H26N2O4S/c1-4-16(3)24-22(26)15-25-20-12-11-17(5-2)13-18(20)14-21(23(25)27)30(28,29)19-9-7-6-8-10-19/h6-14,16H,4-5,15H2,1-3H3,(H,24,26)/t16-/m1/s1. The smallest absolute Gasteiger partial charge is 0.270 e. The zero-order chi connectivity index (χ0) is 21.9. The molecule has 0 saturated carbocycles. The monoisotopic (exact) mass is 426 g/mol. The van der Waals surface area contributed by atoms with Gasteiger partial charge < -0.3 is 5.32 Å². The average molecular weight is 427 g/mol. The quantitative estimate of drug-likeness (QED) is 0.628. The topological polar surface area (TPSA) is 85.2 Å². The summed E-state index contributed by atoms with van der Waals surface area (Å²) in [6.07, 6.45) is 1.52. The van der Waals surface area contributed by atoms with E-state index in [9.17, 15) is 18.0 Å². The SMILES string of the molecule is CCc1ccc2c(c1)cc(S(=O)(=O)c1ccccc1)c(=O)n2CC(=O)N[C@H](C)CC. The van der Waals surface area contributed by atoms with E-state index in [-0.39, 0.29) is 28.3 Å². The van der Waals surface area contributed by atoms with Crippen LogP contribution in [0.5, 0.6) is 0 Å². The highest BCUT2D eigenvalue weighted by molar-refractivity contribution is 7.91. The lowest BCUT2D eigenvalue weighted by Crippen LogP contribution is -2.38. The van der Waals surface area contributed by atoms with Gasteiger partial charge in [-0.3, -0.25) is 14.2 Å². The van der Waals surface area contributed by atoms with Gasteiger partial charge in [-0.15, -0.1) is 0 Å². The summed E-state index contributed by atoms with van der Waals surface area (Å²) in [4.78, 5) is 25.5. The van der Waals surface area contributed by atoms with Crippen LogP contribution in [-0.2, 0) is 27.6 Å². The maximum absolute atomic E-state index is 13.3. The van der Waals surface area contributed by atoms with Crippen LogP contribution in [0.4, 0.5) is 0 Å². The van der Waals surface area contributed by atoms with Crippen molar-refractivity contribution in [2.75, 3.05) is 0 Å². The highest BCUT2D eigenvalue weighted by atomic mass is 32.2. The first-order valence-electron chi connectivity index (χ1n) is 10.0. The molecule has 7 heteroatoms. The second kappa shape index (κ2) is 8.83. The predicted octanol–water partition coefficient (Wildman–Crippen LogP) is 3.31. The van der Waals surface area contributed by atoms with E-state index < -0.39 is 15.4 Å².